The molecule has 0 amide bonds. The van der Waals surface area contributed by atoms with Gasteiger partial charge in [0.25, 0.3) is 0 Å². The molecule has 6 nitrogen and oxygen atoms in total. The molecule has 0 aliphatic rings. The molecule has 4 rings (SSSR count). The summed E-state index contributed by atoms with van der Waals surface area (Å²) in [5.41, 5.74) is 3.94. The summed E-state index contributed by atoms with van der Waals surface area (Å²) in [4.78, 5) is 0. The van der Waals surface area contributed by atoms with Crippen LogP contribution in [0, 0.1) is 0 Å². The summed E-state index contributed by atoms with van der Waals surface area (Å²) in [6.45, 7) is 0. The molecule has 0 N–H and O–H groups in total. The highest BCUT2D eigenvalue weighted by Gasteiger charge is 2.15. The van der Waals surface area contributed by atoms with Gasteiger partial charge in [0, 0.05) is 5.39 Å². The lowest BCUT2D eigenvalue weighted by atomic mass is 10.0. The first-order valence-corrected chi connectivity index (χ1v) is 9.11. The number of rotatable bonds is 6. The predicted octanol–water partition coefficient (Wildman–Crippen LogP) is 4.73. The number of methoxy groups -OCH3 is 4. The van der Waals surface area contributed by atoms with Crippen LogP contribution in [0.4, 0.5) is 0 Å². The molecule has 0 saturated heterocycles. The number of hydrogen-bond acceptors (Lipinski definition) is 5. The van der Waals surface area contributed by atoms with Gasteiger partial charge in [-0.1, -0.05) is 12.1 Å². The van der Waals surface area contributed by atoms with Gasteiger partial charge in [0.15, 0.2) is 11.5 Å². The molecule has 0 fully saturated rings. The molecule has 0 aliphatic carbocycles. The molecule has 4 aromatic rings. The predicted molar refractivity (Wildman–Crippen MR) is 113 cm³/mol. The van der Waals surface area contributed by atoms with E-state index in [1.54, 1.807) is 28.4 Å². The van der Waals surface area contributed by atoms with Crippen LogP contribution in [0.1, 0.15) is 0 Å². The fraction of sp³-hybridized carbons (Fsp3) is 0.174. The van der Waals surface area contributed by atoms with E-state index in [-0.39, 0.29) is 0 Å². The third kappa shape index (κ3) is 3.33. The van der Waals surface area contributed by atoms with Crippen LogP contribution >= 0.6 is 0 Å². The minimum atomic E-state index is 0.572. The van der Waals surface area contributed by atoms with Crippen molar-refractivity contribution in [3.05, 3.63) is 60.8 Å². The molecule has 1 aromatic heterocycles. The highest BCUT2D eigenvalue weighted by molar-refractivity contribution is 5.86. The highest BCUT2D eigenvalue weighted by atomic mass is 16.5. The van der Waals surface area contributed by atoms with Gasteiger partial charge < -0.3 is 18.9 Å². The molecule has 3 aromatic carbocycles. The largest absolute Gasteiger partial charge is 0.497 e. The second-order valence-corrected chi connectivity index (χ2v) is 6.44. The molecule has 0 spiro atoms. The van der Waals surface area contributed by atoms with Gasteiger partial charge in [-0.15, -0.1) is 0 Å². The fourth-order valence-electron chi connectivity index (χ4n) is 3.37. The van der Waals surface area contributed by atoms with Crippen LogP contribution in [-0.2, 0) is 0 Å². The van der Waals surface area contributed by atoms with Crippen molar-refractivity contribution in [3.63, 3.8) is 0 Å². The Balaban J connectivity index is 1.83. The van der Waals surface area contributed by atoms with Gasteiger partial charge in [-0.05, 0) is 53.6 Å². The Morgan fingerprint density at radius 2 is 1.38 bits per heavy atom. The Hall–Kier alpha value is -3.67. The van der Waals surface area contributed by atoms with Crippen LogP contribution < -0.4 is 18.9 Å². The molecule has 0 aliphatic heterocycles. The highest BCUT2D eigenvalue weighted by Crippen LogP contribution is 2.41. The van der Waals surface area contributed by atoms with E-state index in [1.807, 2.05) is 47.3 Å². The van der Waals surface area contributed by atoms with E-state index < -0.39 is 0 Å². The summed E-state index contributed by atoms with van der Waals surface area (Å²) in [5.74, 6) is 2.61. The van der Waals surface area contributed by atoms with Crippen LogP contribution in [0.5, 0.6) is 23.0 Å². The number of hydrogen-bond donors (Lipinski definition) is 0. The minimum Gasteiger partial charge on any atom is -0.497 e. The molecule has 0 atom stereocenters. The molecule has 0 saturated carbocycles. The Morgan fingerprint density at radius 1 is 0.690 bits per heavy atom. The summed E-state index contributed by atoms with van der Waals surface area (Å²) < 4.78 is 23.6. The van der Waals surface area contributed by atoms with Crippen LogP contribution in [0.25, 0.3) is 27.7 Å². The minimum absolute atomic E-state index is 0.572. The molecular weight excluding hydrogens is 368 g/mol. The van der Waals surface area contributed by atoms with E-state index in [9.17, 15) is 0 Å². The molecule has 0 bridgehead atoms. The monoisotopic (exact) mass is 390 g/mol. The summed E-state index contributed by atoms with van der Waals surface area (Å²) in [6.07, 6.45) is 1.86. The van der Waals surface area contributed by atoms with Gasteiger partial charge in [-0.3, -0.25) is 0 Å². The van der Waals surface area contributed by atoms with E-state index in [2.05, 4.69) is 23.3 Å². The molecule has 148 valence electrons. The van der Waals surface area contributed by atoms with Crippen molar-refractivity contribution >= 4 is 10.9 Å². The first-order chi connectivity index (χ1) is 14.2. The van der Waals surface area contributed by atoms with Gasteiger partial charge in [0.2, 0.25) is 5.75 Å². The fourth-order valence-corrected chi connectivity index (χ4v) is 3.37. The topological polar surface area (TPSA) is 54.7 Å². The van der Waals surface area contributed by atoms with Crippen molar-refractivity contribution in [2.45, 2.75) is 0 Å². The Morgan fingerprint density at radius 3 is 1.97 bits per heavy atom. The maximum absolute atomic E-state index is 5.49. The Bertz CT molecular complexity index is 1120. The quantitative estimate of drug-likeness (QED) is 0.477. The average molecular weight is 390 g/mol. The van der Waals surface area contributed by atoms with Gasteiger partial charge in [0.05, 0.1) is 45.8 Å². The van der Waals surface area contributed by atoms with Crippen molar-refractivity contribution in [3.8, 4) is 39.8 Å². The van der Waals surface area contributed by atoms with E-state index in [4.69, 9.17) is 18.9 Å². The van der Waals surface area contributed by atoms with E-state index in [0.29, 0.717) is 17.2 Å². The molecule has 29 heavy (non-hydrogen) atoms. The summed E-state index contributed by atoms with van der Waals surface area (Å²) in [6, 6.07) is 17.9. The molecule has 1 heterocycles. The number of fused-ring (bicyclic) bond motifs is 1. The van der Waals surface area contributed by atoms with Crippen molar-refractivity contribution in [1.82, 2.24) is 9.78 Å². The van der Waals surface area contributed by atoms with Gasteiger partial charge in [-0.25, -0.2) is 4.68 Å². The van der Waals surface area contributed by atoms with Gasteiger partial charge in [-0.2, -0.15) is 5.10 Å². The van der Waals surface area contributed by atoms with Crippen LogP contribution in [0.15, 0.2) is 60.8 Å². The number of ether oxygens (including phenoxy) is 4. The lowest BCUT2D eigenvalue weighted by Crippen LogP contribution is -1.97. The Labute approximate surface area is 169 Å². The van der Waals surface area contributed by atoms with Crippen molar-refractivity contribution < 1.29 is 18.9 Å². The number of nitrogens with zero attached hydrogens (tertiary/aromatic N) is 2. The molecule has 0 unspecified atom stereocenters. The maximum atomic E-state index is 5.49. The maximum Gasteiger partial charge on any atom is 0.203 e. The summed E-state index contributed by atoms with van der Waals surface area (Å²) in [7, 11) is 6.48. The first-order valence-electron chi connectivity index (χ1n) is 9.11. The summed E-state index contributed by atoms with van der Waals surface area (Å²) >= 11 is 0. The van der Waals surface area contributed by atoms with Crippen molar-refractivity contribution in [2.24, 2.45) is 0 Å². The Kier molecular flexibility index (Phi) is 4.99. The zero-order valence-corrected chi connectivity index (χ0v) is 16.8. The zero-order valence-electron chi connectivity index (χ0n) is 16.8. The second kappa shape index (κ2) is 7.75. The second-order valence-electron chi connectivity index (χ2n) is 6.44. The van der Waals surface area contributed by atoms with Gasteiger partial charge >= 0.3 is 0 Å². The average Bonchev–Trinajstić information content (AvgIpc) is 3.21. The third-order valence-electron chi connectivity index (χ3n) is 4.89. The van der Waals surface area contributed by atoms with Crippen LogP contribution in [-0.4, -0.2) is 38.2 Å². The number of benzene rings is 3. The lowest BCUT2D eigenvalue weighted by molar-refractivity contribution is 0.324. The van der Waals surface area contributed by atoms with Crippen molar-refractivity contribution in [2.75, 3.05) is 28.4 Å². The van der Waals surface area contributed by atoms with Crippen molar-refractivity contribution in [1.29, 1.82) is 0 Å². The first kappa shape index (κ1) is 18.7. The van der Waals surface area contributed by atoms with Crippen LogP contribution in [0.3, 0.4) is 0 Å². The summed E-state index contributed by atoms with van der Waals surface area (Å²) in [5, 5.41) is 5.61. The number of aromatic nitrogens is 2. The van der Waals surface area contributed by atoms with Gasteiger partial charge in [0.1, 0.15) is 5.75 Å². The SMILES string of the molecule is COc1ccc(-n2ncc3ccc(-c4cc(OC)c(OC)c(OC)c4)cc32)cc1. The normalized spacial score (nSPS) is 10.8. The standard InChI is InChI=1S/C23H22N2O4/c1-26-19-9-7-18(8-10-19)25-20-11-15(5-6-16(20)14-24-25)17-12-21(27-2)23(29-4)22(13-17)28-3/h5-14H,1-4H3. The lowest BCUT2D eigenvalue weighted by Gasteiger charge is -2.14. The van der Waals surface area contributed by atoms with Crippen LogP contribution in [0.2, 0.25) is 0 Å². The molecule has 6 heteroatoms. The van der Waals surface area contributed by atoms with E-state index in [0.717, 1.165) is 33.5 Å². The third-order valence-corrected chi connectivity index (χ3v) is 4.89. The molecular formula is C23H22N2O4. The van der Waals surface area contributed by atoms with E-state index in [1.165, 1.54) is 0 Å². The molecule has 0 radical (unpaired) electrons. The smallest absolute Gasteiger partial charge is 0.203 e. The zero-order chi connectivity index (χ0) is 20.4. The van der Waals surface area contributed by atoms with E-state index >= 15 is 0 Å².